The molecule has 0 radical (unpaired) electrons. The minimum atomic E-state index is -0.333. The van der Waals surface area contributed by atoms with Gasteiger partial charge in [-0.3, -0.25) is 5.41 Å². The zero-order valence-electron chi connectivity index (χ0n) is 8.93. The van der Waals surface area contributed by atoms with Crippen LogP contribution in [0.15, 0.2) is 60.7 Å². The summed E-state index contributed by atoms with van der Waals surface area (Å²) in [5.74, 6) is -0.333. The average Bonchev–Trinajstić information content (AvgIpc) is 2.31. The van der Waals surface area contributed by atoms with E-state index in [1.807, 2.05) is 12.1 Å². The van der Waals surface area contributed by atoms with E-state index >= 15 is 0 Å². The number of hydrogen-bond donors (Lipinski definition) is 3. The molecule has 90 valence electrons. The molecular weight excluding hydrogens is 210 g/mol. The Hall–Kier alpha value is -2.29. The van der Waals surface area contributed by atoms with Crippen LogP contribution in [-0.4, -0.2) is 5.96 Å². The van der Waals surface area contributed by atoms with Gasteiger partial charge < -0.3 is 11.5 Å². The van der Waals surface area contributed by atoms with Crippen LogP contribution < -0.4 is 11.5 Å². The molecule has 0 saturated carbocycles. The van der Waals surface area contributed by atoms with E-state index in [9.17, 15) is 0 Å². The Balaban J connectivity index is 0.000000453. The smallest absolute Gasteiger partial charge is 0.183 e. The number of hydrogen-bond acceptors (Lipinski definition) is 1. The molecule has 0 aromatic heterocycles. The van der Waals surface area contributed by atoms with E-state index in [0.29, 0.717) is 0 Å². The molecule has 5 N–H and O–H groups in total. The van der Waals surface area contributed by atoms with Gasteiger partial charge in [0.1, 0.15) is 0 Å². The van der Waals surface area contributed by atoms with Gasteiger partial charge in [0.25, 0.3) is 0 Å². The Morgan fingerprint density at radius 1 is 0.706 bits per heavy atom. The molecule has 17 heavy (non-hydrogen) atoms. The minimum absolute atomic E-state index is 0. The third kappa shape index (κ3) is 5.99. The fourth-order valence-electron chi connectivity index (χ4n) is 1.26. The van der Waals surface area contributed by atoms with Gasteiger partial charge in [0.05, 0.1) is 0 Å². The van der Waals surface area contributed by atoms with Gasteiger partial charge >= 0.3 is 0 Å². The van der Waals surface area contributed by atoms with E-state index in [1.165, 1.54) is 11.1 Å². The van der Waals surface area contributed by atoms with Crippen LogP contribution in [0.1, 0.15) is 7.43 Å². The molecule has 0 fully saturated rings. The maximum Gasteiger partial charge on any atom is 0.183 e. The first-order chi connectivity index (χ1) is 7.70. The van der Waals surface area contributed by atoms with Gasteiger partial charge in [0, 0.05) is 0 Å². The second-order valence-electron chi connectivity index (χ2n) is 3.19. The Morgan fingerprint density at radius 3 is 1.18 bits per heavy atom. The molecule has 3 heteroatoms. The normalized spacial score (nSPS) is 8.24. The van der Waals surface area contributed by atoms with Crippen molar-refractivity contribution < 1.29 is 0 Å². The van der Waals surface area contributed by atoms with Crippen molar-refractivity contribution in [2.75, 3.05) is 0 Å². The van der Waals surface area contributed by atoms with E-state index < -0.39 is 0 Å². The second kappa shape index (κ2) is 7.93. The van der Waals surface area contributed by atoms with Gasteiger partial charge in [-0.25, -0.2) is 0 Å². The largest absolute Gasteiger partial charge is 0.370 e. The van der Waals surface area contributed by atoms with Crippen LogP contribution >= 0.6 is 0 Å². The monoisotopic (exact) mass is 229 g/mol. The van der Waals surface area contributed by atoms with Crippen LogP contribution in [0.4, 0.5) is 0 Å². The molecule has 0 heterocycles. The van der Waals surface area contributed by atoms with Crippen LogP contribution in [0.5, 0.6) is 0 Å². The quantitative estimate of drug-likeness (QED) is 0.519. The van der Waals surface area contributed by atoms with Crippen LogP contribution in [-0.2, 0) is 0 Å². The maximum absolute atomic E-state index is 6.06. The summed E-state index contributed by atoms with van der Waals surface area (Å²) in [5, 5.41) is 6.06. The zero-order chi connectivity index (χ0) is 11.8. The summed E-state index contributed by atoms with van der Waals surface area (Å²) in [6.45, 7) is 0. The van der Waals surface area contributed by atoms with Gasteiger partial charge in [-0.05, 0) is 11.1 Å². The highest BCUT2D eigenvalue weighted by molar-refractivity contribution is 5.71. The van der Waals surface area contributed by atoms with Crippen molar-refractivity contribution >= 4 is 5.96 Å². The van der Waals surface area contributed by atoms with Crippen LogP contribution in [0.2, 0.25) is 0 Å². The lowest BCUT2D eigenvalue weighted by molar-refractivity contribution is 1.39. The summed E-state index contributed by atoms with van der Waals surface area (Å²) >= 11 is 0. The van der Waals surface area contributed by atoms with Crippen molar-refractivity contribution in [1.82, 2.24) is 0 Å². The Bertz CT molecular complexity index is 382. The lowest BCUT2D eigenvalue weighted by atomic mass is 10.1. The number of rotatable bonds is 1. The minimum Gasteiger partial charge on any atom is -0.370 e. The molecule has 3 nitrogen and oxygen atoms in total. The van der Waals surface area contributed by atoms with Gasteiger partial charge in [-0.15, -0.1) is 0 Å². The summed E-state index contributed by atoms with van der Waals surface area (Å²) in [7, 11) is 0. The zero-order valence-corrected chi connectivity index (χ0v) is 8.93. The first-order valence-corrected chi connectivity index (χ1v) is 4.90. The number of benzene rings is 2. The van der Waals surface area contributed by atoms with E-state index in [1.54, 1.807) is 0 Å². The predicted octanol–water partition coefficient (Wildman–Crippen LogP) is 2.83. The highest BCUT2D eigenvalue weighted by atomic mass is 14.9. The van der Waals surface area contributed by atoms with Crippen molar-refractivity contribution in [1.29, 1.82) is 5.41 Å². The lowest BCUT2D eigenvalue weighted by Gasteiger charge is -1.98. The fourth-order valence-corrected chi connectivity index (χ4v) is 1.26. The summed E-state index contributed by atoms with van der Waals surface area (Å²) in [4.78, 5) is 0. The van der Waals surface area contributed by atoms with Crippen molar-refractivity contribution in [2.45, 2.75) is 7.43 Å². The van der Waals surface area contributed by atoms with E-state index in [-0.39, 0.29) is 13.4 Å². The molecule has 0 bridgehead atoms. The molecule has 0 spiro atoms. The van der Waals surface area contributed by atoms with Crippen molar-refractivity contribution in [3.05, 3.63) is 60.7 Å². The molecular formula is C14H19N3. The molecule has 2 aromatic rings. The molecule has 0 aliphatic heterocycles. The Morgan fingerprint density at radius 2 is 0.941 bits per heavy atom. The molecule has 0 atom stereocenters. The first kappa shape index (κ1) is 14.7. The summed E-state index contributed by atoms with van der Waals surface area (Å²) in [6.07, 6.45) is 0. The van der Waals surface area contributed by atoms with Crippen LogP contribution in [0.25, 0.3) is 11.1 Å². The van der Waals surface area contributed by atoms with Crippen LogP contribution in [0, 0.1) is 5.41 Å². The number of nitrogens with one attached hydrogen (secondary N) is 1. The van der Waals surface area contributed by atoms with E-state index in [2.05, 4.69) is 60.0 Å². The SMILES string of the molecule is C.N=C(N)N.c1ccc(-c2ccccc2)cc1. The average molecular weight is 229 g/mol. The van der Waals surface area contributed by atoms with Gasteiger partial charge in [0.15, 0.2) is 5.96 Å². The topological polar surface area (TPSA) is 75.9 Å². The molecule has 0 amide bonds. The second-order valence-corrected chi connectivity index (χ2v) is 3.19. The molecule has 0 aliphatic carbocycles. The van der Waals surface area contributed by atoms with E-state index in [0.717, 1.165) is 0 Å². The maximum atomic E-state index is 6.06. The molecule has 2 aromatic carbocycles. The van der Waals surface area contributed by atoms with Gasteiger partial charge in [-0.2, -0.15) is 0 Å². The predicted molar refractivity (Wildman–Crippen MR) is 74.7 cm³/mol. The third-order valence-electron chi connectivity index (χ3n) is 1.88. The molecule has 0 aliphatic rings. The Kier molecular flexibility index (Phi) is 6.86. The molecule has 0 unspecified atom stereocenters. The lowest BCUT2D eigenvalue weighted by Crippen LogP contribution is -2.20. The van der Waals surface area contributed by atoms with Crippen LogP contribution in [0.3, 0.4) is 0 Å². The fraction of sp³-hybridized carbons (Fsp3) is 0.0714. The molecule has 2 rings (SSSR count). The standard InChI is InChI=1S/C12H10.CH5N3.CH4/c1-3-7-11(8-4-1)12-9-5-2-6-10-12;2-1(3)4;/h1-10H;(H5,2,3,4);1H4. The number of nitrogens with two attached hydrogens (primary N) is 2. The summed E-state index contributed by atoms with van der Waals surface area (Å²) < 4.78 is 0. The number of guanidine groups is 1. The van der Waals surface area contributed by atoms with Crippen molar-refractivity contribution in [3.8, 4) is 11.1 Å². The Labute approximate surface area is 103 Å². The summed E-state index contributed by atoms with van der Waals surface area (Å²) in [5.41, 5.74) is 11.5. The highest BCUT2D eigenvalue weighted by Crippen LogP contribution is 2.17. The third-order valence-corrected chi connectivity index (χ3v) is 1.88. The first-order valence-electron chi connectivity index (χ1n) is 4.90. The van der Waals surface area contributed by atoms with Crippen molar-refractivity contribution in [3.63, 3.8) is 0 Å². The molecule has 0 saturated heterocycles. The summed E-state index contributed by atoms with van der Waals surface area (Å²) in [6, 6.07) is 20.8. The van der Waals surface area contributed by atoms with Gasteiger partial charge in [-0.1, -0.05) is 68.1 Å². The van der Waals surface area contributed by atoms with E-state index in [4.69, 9.17) is 5.41 Å². The highest BCUT2D eigenvalue weighted by Gasteiger charge is 1.91. The van der Waals surface area contributed by atoms with Crippen molar-refractivity contribution in [2.24, 2.45) is 11.5 Å². The van der Waals surface area contributed by atoms with Gasteiger partial charge in [0.2, 0.25) is 0 Å².